The molecule has 1 aromatic heterocycles. The van der Waals surface area contributed by atoms with Gasteiger partial charge in [-0.05, 0) is 55.2 Å². The summed E-state index contributed by atoms with van der Waals surface area (Å²) in [4.78, 5) is 19.6. The van der Waals surface area contributed by atoms with Crippen LogP contribution in [0.2, 0.25) is 0 Å². The van der Waals surface area contributed by atoms with E-state index in [2.05, 4.69) is 21.3 Å². The van der Waals surface area contributed by atoms with Crippen LogP contribution in [0.3, 0.4) is 0 Å². The topological polar surface area (TPSA) is 72.9 Å². The van der Waals surface area contributed by atoms with Gasteiger partial charge in [0, 0.05) is 41.9 Å². The Morgan fingerprint density at radius 2 is 1.69 bits per heavy atom. The lowest BCUT2D eigenvalue weighted by atomic mass is 10.0. The van der Waals surface area contributed by atoms with E-state index in [1.807, 2.05) is 18.3 Å². The van der Waals surface area contributed by atoms with Crippen molar-refractivity contribution in [2.45, 2.75) is 25.7 Å². The molecule has 1 amide bonds. The Hall–Kier alpha value is -3.48. The Kier molecular flexibility index (Phi) is 6.63. The minimum Gasteiger partial charge on any atom is -0.493 e. The van der Waals surface area contributed by atoms with Crippen molar-refractivity contribution in [3.8, 4) is 17.2 Å². The first kappa shape index (κ1) is 21.7. The number of carbonyl (C=O) groups is 1. The lowest BCUT2D eigenvalue weighted by Crippen LogP contribution is -2.29. The number of amides is 1. The van der Waals surface area contributed by atoms with Crippen LogP contribution in [-0.4, -0.2) is 45.3 Å². The first-order valence-electron chi connectivity index (χ1n) is 10.8. The average molecular weight is 436 g/mol. The van der Waals surface area contributed by atoms with Crippen LogP contribution in [0.15, 0.2) is 42.7 Å². The number of nitrogens with one attached hydrogen (secondary N) is 1. The second-order valence-electron chi connectivity index (χ2n) is 7.86. The van der Waals surface area contributed by atoms with Gasteiger partial charge in [-0.3, -0.25) is 9.78 Å². The number of nitrogens with zero attached hydrogens (tertiary/aromatic N) is 2. The van der Waals surface area contributed by atoms with Gasteiger partial charge in [0.05, 0.1) is 33.4 Å². The van der Waals surface area contributed by atoms with E-state index in [0.29, 0.717) is 17.2 Å². The number of benzene rings is 2. The molecule has 2 heterocycles. The number of aromatic nitrogens is 1. The van der Waals surface area contributed by atoms with Crippen LogP contribution in [0.25, 0.3) is 10.8 Å². The maximum Gasteiger partial charge on any atom is 0.228 e. The fourth-order valence-corrected chi connectivity index (χ4v) is 4.31. The number of ether oxygens (including phenoxy) is 3. The number of hydrogen-bond acceptors (Lipinski definition) is 6. The fraction of sp³-hybridized carbons (Fsp3) is 0.360. The predicted octanol–water partition coefficient (Wildman–Crippen LogP) is 4.43. The predicted molar refractivity (Wildman–Crippen MR) is 126 cm³/mol. The Labute approximate surface area is 188 Å². The number of fused-ring (bicyclic) bond motifs is 1. The zero-order chi connectivity index (χ0) is 22.5. The Bertz CT molecular complexity index is 1080. The van der Waals surface area contributed by atoms with Gasteiger partial charge in [-0.15, -0.1) is 0 Å². The third-order valence-corrected chi connectivity index (χ3v) is 5.86. The normalized spacial score (nSPS) is 13.7. The fourth-order valence-electron chi connectivity index (χ4n) is 4.31. The van der Waals surface area contributed by atoms with Crippen molar-refractivity contribution in [3.63, 3.8) is 0 Å². The van der Waals surface area contributed by atoms with Gasteiger partial charge in [-0.25, -0.2) is 0 Å². The first-order valence-corrected chi connectivity index (χ1v) is 10.8. The molecule has 0 spiro atoms. The number of piperidine rings is 1. The van der Waals surface area contributed by atoms with Crippen molar-refractivity contribution in [1.82, 2.24) is 4.98 Å². The van der Waals surface area contributed by atoms with Crippen LogP contribution in [0.1, 0.15) is 24.8 Å². The molecule has 1 saturated heterocycles. The molecule has 7 nitrogen and oxygen atoms in total. The number of carbonyl (C=O) groups excluding carboxylic acids is 1. The summed E-state index contributed by atoms with van der Waals surface area (Å²) in [6, 6.07) is 9.68. The molecule has 0 saturated carbocycles. The molecule has 3 aromatic rings. The summed E-state index contributed by atoms with van der Waals surface area (Å²) in [6.45, 7) is 2.12. The third-order valence-electron chi connectivity index (χ3n) is 5.86. The van der Waals surface area contributed by atoms with Crippen molar-refractivity contribution >= 4 is 28.1 Å². The minimum absolute atomic E-state index is 0.129. The molecule has 0 unspecified atom stereocenters. The van der Waals surface area contributed by atoms with Crippen molar-refractivity contribution in [2.24, 2.45) is 0 Å². The van der Waals surface area contributed by atoms with Gasteiger partial charge < -0.3 is 24.4 Å². The van der Waals surface area contributed by atoms with Gasteiger partial charge in [0.25, 0.3) is 0 Å². The molecule has 1 fully saturated rings. The molecule has 168 valence electrons. The quantitative estimate of drug-likeness (QED) is 0.592. The lowest BCUT2D eigenvalue weighted by molar-refractivity contribution is -0.115. The maximum atomic E-state index is 12.9. The highest BCUT2D eigenvalue weighted by atomic mass is 16.5. The van der Waals surface area contributed by atoms with Crippen LogP contribution in [0, 0.1) is 0 Å². The molecule has 0 bridgehead atoms. The molecule has 1 aliphatic heterocycles. The minimum atomic E-state index is -0.129. The summed E-state index contributed by atoms with van der Waals surface area (Å²) >= 11 is 0. The van der Waals surface area contributed by atoms with Crippen molar-refractivity contribution in [3.05, 3.63) is 48.3 Å². The van der Waals surface area contributed by atoms with E-state index in [1.165, 1.54) is 24.9 Å². The van der Waals surface area contributed by atoms with Gasteiger partial charge >= 0.3 is 0 Å². The number of anilines is 2. The highest BCUT2D eigenvalue weighted by Gasteiger charge is 2.18. The second kappa shape index (κ2) is 9.77. The highest BCUT2D eigenvalue weighted by Crippen LogP contribution is 2.38. The monoisotopic (exact) mass is 435 g/mol. The molecule has 0 aliphatic carbocycles. The van der Waals surface area contributed by atoms with Gasteiger partial charge in [-0.1, -0.05) is 0 Å². The van der Waals surface area contributed by atoms with Crippen LogP contribution in [0.4, 0.5) is 11.4 Å². The molecule has 0 atom stereocenters. The summed E-state index contributed by atoms with van der Waals surface area (Å²) in [5, 5.41) is 5.10. The van der Waals surface area contributed by atoms with E-state index < -0.39 is 0 Å². The van der Waals surface area contributed by atoms with Crippen molar-refractivity contribution in [2.75, 3.05) is 44.6 Å². The highest BCUT2D eigenvalue weighted by molar-refractivity contribution is 6.06. The molecule has 7 heteroatoms. The summed E-state index contributed by atoms with van der Waals surface area (Å²) in [7, 11) is 4.67. The largest absolute Gasteiger partial charge is 0.493 e. The molecule has 32 heavy (non-hydrogen) atoms. The Morgan fingerprint density at radius 3 is 2.34 bits per heavy atom. The van der Waals surface area contributed by atoms with Gasteiger partial charge in [0.2, 0.25) is 11.7 Å². The summed E-state index contributed by atoms with van der Waals surface area (Å²) in [5.41, 5.74) is 2.72. The standard InChI is InChI=1S/C25H29N3O4/c1-30-22-13-17(14-23(31-2)25(22)32-3)15-24(29)27-20-7-8-21(28-11-5-4-6-12-28)18-9-10-26-16-19(18)20/h7-10,13-14,16H,4-6,11-12,15H2,1-3H3,(H,27,29). The van der Waals surface area contributed by atoms with E-state index in [-0.39, 0.29) is 12.3 Å². The molecular weight excluding hydrogens is 406 g/mol. The van der Waals surface area contributed by atoms with Gasteiger partial charge in [0.1, 0.15) is 0 Å². The van der Waals surface area contributed by atoms with E-state index in [4.69, 9.17) is 14.2 Å². The van der Waals surface area contributed by atoms with E-state index in [1.54, 1.807) is 39.7 Å². The van der Waals surface area contributed by atoms with Crippen LogP contribution < -0.4 is 24.4 Å². The van der Waals surface area contributed by atoms with E-state index >= 15 is 0 Å². The number of pyridine rings is 1. The summed E-state index contributed by atoms with van der Waals surface area (Å²) in [6.07, 6.45) is 7.49. The second-order valence-corrected chi connectivity index (χ2v) is 7.86. The molecular formula is C25H29N3O4. The van der Waals surface area contributed by atoms with Crippen molar-refractivity contribution in [1.29, 1.82) is 0 Å². The molecule has 1 N–H and O–H groups in total. The van der Waals surface area contributed by atoms with Crippen LogP contribution in [-0.2, 0) is 11.2 Å². The van der Waals surface area contributed by atoms with Gasteiger partial charge in [-0.2, -0.15) is 0 Å². The first-order chi connectivity index (χ1) is 15.6. The van der Waals surface area contributed by atoms with Gasteiger partial charge in [0.15, 0.2) is 11.5 Å². The Balaban J connectivity index is 1.58. The SMILES string of the molecule is COc1cc(CC(=O)Nc2ccc(N3CCCCC3)c3ccncc23)cc(OC)c1OC. The molecule has 4 rings (SSSR count). The number of hydrogen-bond donors (Lipinski definition) is 1. The van der Waals surface area contributed by atoms with E-state index in [0.717, 1.165) is 35.1 Å². The lowest BCUT2D eigenvalue weighted by Gasteiger charge is -2.30. The zero-order valence-corrected chi connectivity index (χ0v) is 18.8. The zero-order valence-electron chi connectivity index (χ0n) is 18.8. The number of rotatable bonds is 7. The summed E-state index contributed by atoms with van der Waals surface area (Å²) in [5.74, 6) is 1.42. The average Bonchev–Trinajstić information content (AvgIpc) is 2.84. The maximum absolute atomic E-state index is 12.9. The smallest absolute Gasteiger partial charge is 0.228 e. The van der Waals surface area contributed by atoms with Crippen molar-refractivity contribution < 1.29 is 19.0 Å². The van der Waals surface area contributed by atoms with E-state index in [9.17, 15) is 4.79 Å². The Morgan fingerprint density at radius 1 is 0.969 bits per heavy atom. The van der Waals surface area contributed by atoms with Crippen LogP contribution >= 0.6 is 0 Å². The molecule has 0 radical (unpaired) electrons. The molecule has 2 aromatic carbocycles. The number of methoxy groups -OCH3 is 3. The van der Waals surface area contributed by atoms with Crippen LogP contribution in [0.5, 0.6) is 17.2 Å². The summed E-state index contributed by atoms with van der Waals surface area (Å²) < 4.78 is 16.2. The third kappa shape index (κ3) is 4.42. The molecule has 1 aliphatic rings.